The van der Waals surface area contributed by atoms with Crippen molar-refractivity contribution in [1.29, 1.82) is 0 Å². The highest BCUT2D eigenvalue weighted by Crippen LogP contribution is 2.30. The summed E-state index contributed by atoms with van der Waals surface area (Å²) in [6.07, 6.45) is 4.08. The lowest BCUT2D eigenvalue weighted by Gasteiger charge is -2.08. The van der Waals surface area contributed by atoms with Gasteiger partial charge in [0.05, 0.1) is 0 Å². The monoisotopic (exact) mass is 409 g/mol. The molecule has 9 heteroatoms. The minimum Gasteiger partial charge on any atom is -0.451 e. The molecule has 0 bridgehead atoms. The van der Waals surface area contributed by atoms with Crippen molar-refractivity contribution in [3.63, 3.8) is 0 Å². The summed E-state index contributed by atoms with van der Waals surface area (Å²) in [7, 11) is 0. The Kier molecular flexibility index (Phi) is 6.35. The van der Waals surface area contributed by atoms with Crippen molar-refractivity contribution in [2.75, 3.05) is 6.61 Å². The summed E-state index contributed by atoms with van der Waals surface area (Å²) >= 11 is 1.37. The van der Waals surface area contributed by atoms with E-state index in [4.69, 9.17) is 4.74 Å². The standard InChI is InChI=1S/C19H17F2NO5S/c20-19(21)27-13-7-5-11(6-8-13)17(24)22-16(23)10-26-18(25)15-9-12-3-1-2-4-14(12)28-15/h5-9,19H,1-4,10H2,(H,22,23,24). The molecule has 3 rings (SSSR count). The zero-order valence-electron chi connectivity index (χ0n) is 14.7. The molecule has 0 spiro atoms. The number of hydrogen-bond acceptors (Lipinski definition) is 6. The molecule has 1 N–H and O–H groups in total. The molecule has 1 heterocycles. The van der Waals surface area contributed by atoms with Gasteiger partial charge in [-0.1, -0.05) is 0 Å². The lowest BCUT2D eigenvalue weighted by Crippen LogP contribution is -2.34. The number of aryl methyl sites for hydroxylation is 2. The van der Waals surface area contributed by atoms with Crippen molar-refractivity contribution >= 4 is 29.1 Å². The molecule has 1 aliphatic carbocycles. The molecule has 1 aromatic carbocycles. The minimum atomic E-state index is -2.97. The number of halogens is 2. The Bertz CT molecular complexity index is 855. The van der Waals surface area contributed by atoms with Crippen LogP contribution < -0.4 is 10.1 Å². The first-order valence-corrected chi connectivity index (χ1v) is 9.42. The van der Waals surface area contributed by atoms with Gasteiger partial charge in [0.25, 0.3) is 11.8 Å². The predicted molar refractivity (Wildman–Crippen MR) is 96.8 cm³/mol. The van der Waals surface area contributed by atoms with E-state index in [1.165, 1.54) is 40.5 Å². The molecule has 0 saturated heterocycles. The average molecular weight is 409 g/mol. The maximum Gasteiger partial charge on any atom is 0.387 e. The Morgan fingerprint density at radius 3 is 2.50 bits per heavy atom. The molecule has 2 amide bonds. The van der Waals surface area contributed by atoms with Crippen molar-refractivity contribution in [1.82, 2.24) is 5.32 Å². The molecule has 2 aromatic rings. The number of amides is 2. The molecule has 6 nitrogen and oxygen atoms in total. The van der Waals surface area contributed by atoms with Gasteiger partial charge in [0, 0.05) is 10.4 Å². The number of carbonyl (C=O) groups excluding carboxylic acids is 3. The van der Waals surface area contributed by atoms with Gasteiger partial charge in [-0.25, -0.2) is 4.79 Å². The maximum atomic E-state index is 12.1. The van der Waals surface area contributed by atoms with Crippen LogP contribution in [0.4, 0.5) is 8.78 Å². The Balaban J connectivity index is 1.49. The summed E-state index contributed by atoms with van der Waals surface area (Å²) in [5.74, 6) is -2.23. The van der Waals surface area contributed by atoms with Gasteiger partial charge in [-0.3, -0.25) is 14.9 Å². The van der Waals surface area contributed by atoms with E-state index in [0.717, 1.165) is 31.2 Å². The lowest BCUT2D eigenvalue weighted by molar-refractivity contribution is -0.123. The van der Waals surface area contributed by atoms with E-state index in [1.807, 2.05) is 0 Å². The fourth-order valence-corrected chi connectivity index (χ4v) is 3.96. The van der Waals surface area contributed by atoms with E-state index >= 15 is 0 Å². The number of thiophene rings is 1. The average Bonchev–Trinajstić information content (AvgIpc) is 3.10. The number of alkyl halides is 2. The first-order valence-electron chi connectivity index (χ1n) is 8.60. The van der Waals surface area contributed by atoms with Crippen molar-refractivity contribution in [3.05, 3.63) is 51.2 Å². The van der Waals surface area contributed by atoms with E-state index in [0.29, 0.717) is 4.88 Å². The zero-order chi connectivity index (χ0) is 20.1. The predicted octanol–water partition coefficient (Wildman–Crippen LogP) is 3.34. The second-order valence-electron chi connectivity index (χ2n) is 6.12. The summed E-state index contributed by atoms with van der Waals surface area (Å²) in [6, 6.07) is 6.65. The quantitative estimate of drug-likeness (QED) is 0.740. The Morgan fingerprint density at radius 2 is 1.82 bits per heavy atom. The van der Waals surface area contributed by atoms with Crippen LogP contribution in [0.25, 0.3) is 0 Å². The molecule has 28 heavy (non-hydrogen) atoms. The molecule has 0 atom stereocenters. The van der Waals surface area contributed by atoms with E-state index < -0.39 is 31.0 Å². The van der Waals surface area contributed by atoms with Gasteiger partial charge in [0.1, 0.15) is 10.6 Å². The van der Waals surface area contributed by atoms with Crippen molar-refractivity contribution in [3.8, 4) is 5.75 Å². The topological polar surface area (TPSA) is 81.7 Å². The third kappa shape index (κ3) is 5.13. The van der Waals surface area contributed by atoms with Crippen LogP contribution in [0.15, 0.2) is 30.3 Å². The van der Waals surface area contributed by atoms with Gasteiger partial charge in [0.15, 0.2) is 6.61 Å². The van der Waals surface area contributed by atoms with Gasteiger partial charge < -0.3 is 9.47 Å². The number of nitrogens with one attached hydrogen (secondary N) is 1. The molecule has 1 aromatic heterocycles. The Labute approximate surface area is 163 Å². The van der Waals surface area contributed by atoms with E-state index in [2.05, 4.69) is 10.1 Å². The number of esters is 1. The first-order chi connectivity index (χ1) is 13.4. The lowest BCUT2D eigenvalue weighted by atomic mass is 9.99. The van der Waals surface area contributed by atoms with E-state index in [-0.39, 0.29) is 11.3 Å². The number of hydrogen-bond donors (Lipinski definition) is 1. The molecule has 0 radical (unpaired) electrons. The fraction of sp³-hybridized carbons (Fsp3) is 0.316. The summed E-state index contributed by atoms with van der Waals surface area (Å²) in [5, 5.41) is 2.07. The summed E-state index contributed by atoms with van der Waals surface area (Å²) in [6.45, 7) is -3.57. The number of carbonyl (C=O) groups is 3. The molecule has 0 aliphatic heterocycles. The highest BCUT2D eigenvalue weighted by atomic mass is 32.1. The third-order valence-corrected chi connectivity index (χ3v) is 5.34. The third-order valence-electron chi connectivity index (χ3n) is 4.13. The summed E-state index contributed by atoms with van der Waals surface area (Å²) in [5.41, 5.74) is 1.23. The van der Waals surface area contributed by atoms with Gasteiger partial charge in [-0.2, -0.15) is 8.78 Å². The number of imide groups is 1. The molecule has 148 valence electrons. The molecule has 0 saturated carbocycles. The van der Waals surface area contributed by atoms with Gasteiger partial charge in [-0.15, -0.1) is 11.3 Å². The van der Waals surface area contributed by atoms with Crippen LogP contribution >= 0.6 is 11.3 Å². The maximum absolute atomic E-state index is 12.1. The Morgan fingerprint density at radius 1 is 1.11 bits per heavy atom. The first kappa shape index (κ1) is 19.9. The number of ether oxygens (including phenoxy) is 2. The Hall–Kier alpha value is -2.81. The van der Waals surface area contributed by atoms with E-state index in [1.54, 1.807) is 6.07 Å². The van der Waals surface area contributed by atoms with E-state index in [9.17, 15) is 23.2 Å². The summed E-state index contributed by atoms with van der Waals surface area (Å²) in [4.78, 5) is 37.5. The molecule has 0 fully saturated rings. The molecular formula is C19H17F2NO5S. The van der Waals surface area contributed by atoms with Gasteiger partial charge >= 0.3 is 12.6 Å². The van der Waals surface area contributed by atoms with Crippen LogP contribution in [0.5, 0.6) is 5.75 Å². The van der Waals surface area contributed by atoms with Crippen LogP contribution in [0.1, 0.15) is 43.3 Å². The number of rotatable bonds is 6. The fourth-order valence-electron chi connectivity index (χ4n) is 2.82. The van der Waals surface area contributed by atoms with Crippen LogP contribution in [-0.2, 0) is 22.4 Å². The number of benzene rings is 1. The van der Waals surface area contributed by atoms with Gasteiger partial charge in [-0.05, 0) is 61.6 Å². The normalized spacial score (nSPS) is 13.0. The zero-order valence-corrected chi connectivity index (χ0v) is 15.5. The molecular weight excluding hydrogens is 392 g/mol. The largest absolute Gasteiger partial charge is 0.451 e. The minimum absolute atomic E-state index is 0.0761. The molecule has 1 aliphatic rings. The highest BCUT2D eigenvalue weighted by molar-refractivity contribution is 7.14. The van der Waals surface area contributed by atoms with Crippen molar-refractivity contribution in [2.45, 2.75) is 32.3 Å². The van der Waals surface area contributed by atoms with Crippen LogP contribution in [0.3, 0.4) is 0 Å². The second-order valence-corrected chi connectivity index (χ2v) is 7.26. The van der Waals surface area contributed by atoms with Crippen LogP contribution in [-0.4, -0.2) is 31.0 Å². The van der Waals surface area contributed by atoms with Crippen molar-refractivity contribution < 1.29 is 32.6 Å². The SMILES string of the molecule is O=C(COC(=O)c1cc2c(s1)CCCC2)NC(=O)c1ccc(OC(F)F)cc1. The van der Waals surface area contributed by atoms with Crippen LogP contribution in [0.2, 0.25) is 0 Å². The van der Waals surface area contributed by atoms with Crippen molar-refractivity contribution in [2.24, 2.45) is 0 Å². The van der Waals surface area contributed by atoms with Gasteiger partial charge in [0.2, 0.25) is 0 Å². The smallest absolute Gasteiger partial charge is 0.387 e. The second kappa shape index (κ2) is 8.92. The van der Waals surface area contributed by atoms with Crippen LogP contribution in [0, 0.1) is 0 Å². The summed E-state index contributed by atoms with van der Waals surface area (Å²) < 4.78 is 33.4. The highest BCUT2D eigenvalue weighted by Gasteiger charge is 2.19. The molecule has 0 unspecified atom stereocenters. The number of fused-ring (bicyclic) bond motifs is 1.